The molecule has 1 N–H and O–H groups in total. The Hall–Kier alpha value is -0.480. The molecule has 0 aliphatic heterocycles. The van der Waals surface area contributed by atoms with Crippen LogP contribution in [0, 0.1) is 0 Å². The summed E-state index contributed by atoms with van der Waals surface area (Å²) < 4.78 is 4.45. The molecule has 0 spiro atoms. The van der Waals surface area contributed by atoms with Crippen molar-refractivity contribution < 1.29 is 0 Å². The highest BCUT2D eigenvalue weighted by atomic mass is 32.1. The molecule has 1 saturated carbocycles. The number of hydrogen-bond donors (Lipinski definition) is 1. The van der Waals surface area contributed by atoms with E-state index in [9.17, 15) is 0 Å². The molecule has 2 rings (SSSR count). The second-order valence-electron chi connectivity index (χ2n) is 4.36. The highest BCUT2D eigenvalue weighted by molar-refractivity contribution is 7.05. The monoisotopic (exact) mass is 225 g/mol. The van der Waals surface area contributed by atoms with Gasteiger partial charge in [0, 0.05) is 17.9 Å². The molecule has 2 unspecified atom stereocenters. The van der Waals surface area contributed by atoms with Crippen molar-refractivity contribution >= 4 is 11.5 Å². The Kier molecular flexibility index (Phi) is 3.36. The standard InChI is InChI=1S/C11H19N3S/c1-4-9(12-3)7(2)11-13-10(14-15-11)8-5-6-8/h7-9,12H,4-6H2,1-3H3. The van der Waals surface area contributed by atoms with Crippen molar-refractivity contribution in [2.45, 2.75) is 51.0 Å². The molecule has 4 heteroatoms. The summed E-state index contributed by atoms with van der Waals surface area (Å²) in [6, 6.07) is 0.519. The molecule has 1 aromatic rings. The fourth-order valence-electron chi connectivity index (χ4n) is 1.92. The van der Waals surface area contributed by atoms with Crippen LogP contribution in [-0.2, 0) is 0 Å². The SMILES string of the molecule is CCC(NC)C(C)c1nc(C2CC2)ns1. The van der Waals surface area contributed by atoms with Gasteiger partial charge in [-0.05, 0) is 37.8 Å². The molecule has 1 aliphatic carbocycles. The lowest BCUT2D eigenvalue weighted by atomic mass is 10.0. The molecular formula is C11H19N3S. The summed E-state index contributed by atoms with van der Waals surface area (Å²) in [6.45, 7) is 4.45. The maximum Gasteiger partial charge on any atom is 0.145 e. The van der Waals surface area contributed by atoms with E-state index >= 15 is 0 Å². The van der Waals surface area contributed by atoms with E-state index in [1.54, 1.807) is 11.5 Å². The van der Waals surface area contributed by atoms with Gasteiger partial charge in [-0.2, -0.15) is 4.37 Å². The minimum atomic E-state index is 0.477. The molecule has 15 heavy (non-hydrogen) atoms. The Morgan fingerprint density at radius 2 is 2.27 bits per heavy atom. The Balaban J connectivity index is 2.06. The molecular weight excluding hydrogens is 206 g/mol. The van der Waals surface area contributed by atoms with Crippen LogP contribution in [0.3, 0.4) is 0 Å². The first-order chi connectivity index (χ1) is 7.26. The van der Waals surface area contributed by atoms with Gasteiger partial charge in [-0.1, -0.05) is 13.8 Å². The van der Waals surface area contributed by atoms with Gasteiger partial charge in [-0.25, -0.2) is 4.98 Å². The summed E-state index contributed by atoms with van der Waals surface area (Å²) in [4.78, 5) is 4.66. The van der Waals surface area contributed by atoms with Crippen molar-refractivity contribution in [2.75, 3.05) is 7.05 Å². The topological polar surface area (TPSA) is 37.8 Å². The highest BCUT2D eigenvalue weighted by Gasteiger charge is 2.29. The van der Waals surface area contributed by atoms with Crippen LogP contribution in [-0.4, -0.2) is 22.4 Å². The van der Waals surface area contributed by atoms with Crippen LogP contribution in [0.5, 0.6) is 0 Å². The minimum Gasteiger partial charge on any atom is -0.316 e. The molecule has 0 bridgehead atoms. The smallest absolute Gasteiger partial charge is 0.145 e. The summed E-state index contributed by atoms with van der Waals surface area (Å²) in [7, 11) is 2.02. The van der Waals surface area contributed by atoms with Gasteiger partial charge in [-0.15, -0.1) is 0 Å². The van der Waals surface area contributed by atoms with Gasteiger partial charge >= 0.3 is 0 Å². The third-order valence-corrected chi connectivity index (χ3v) is 4.13. The van der Waals surface area contributed by atoms with E-state index < -0.39 is 0 Å². The predicted molar refractivity (Wildman–Crippen MR) is 63.4 cm³/mol. The second kappa shape index (κ2) is 4.58. The van der Waals surface area contributed by atoms with E-state index in [-0.39, 0.29) is 0 Å². The first-order valence-corrected chi connectivity index (χ1v) is 6.54. The fraction of sp³-hybridized carbons (Fsp3) is 0.818. The minimum absolute atomic E-state index is 0.477. The summed E-state index contributed by atoms with van der Waals surface area (Å²) in [5.41, 5.74) is 0. The quantitative estimate of drug-likeness (QED) is 0.836. The van der Waals surface area contributed by atoms with Crippen molar-refractivity contribution in [3.63, 3.8) is 0 Å². The first-order valence-electron chi connectivity index (χ1n) is 5.77. The zero-order valence-corrected chi connectivity index (χ0v) is 10.5. The summed E-state index contributed by atoms with van der Waals surface area (Å²) in [5, 5.41) is 4.54. The fourth-order valence-corrected chi connectivity index (χ4v) is 2.76. The van der Waals surface area contributed by atoms with E-state index in [1.165, 1.54) is 17.8 Å². The van der Waals surface area contributed by atoms with Crippen molar-refractivity contribution in [3.05, 3.63) is 10.8 Å². The largest absolute Gasteiger partial charge is 0.316 e. The van der Waals surface area contributed by atoms with E-state index in [0.29, 0.717) is 17.9 Å². The molecule has 0 amide bonds. The van der Waals surface area contributed by atoms with Crippen molar-refractivity contribution in [1.29, 1.82) is 0 Å². The molecule has 1 aromatic heterocycles. The van der Waals surface area contributed by atoms with Crippen LogP contribution in [0.4, 0.5) is 0 Å². The molecule has 2 atom stereocenters. The van der Waals surface area contributed by atoms with Crippen molar-refractivity contribution in [2.24, 2.45) is 0 Å². The van der Waals surface area contributed by atoms with Crippen LogP contribution >= 0.6 is 11.5 Å². The zero-order chi connectivity index (χ0) is 10.8. The molecule has 1 heterocycles. The first kappa shape index (κ1) is 11.0. The summed E-state index contributed by atoms with van der Waals surface area (Å²) >= 11 is 1.58. The van der Waals surface area contributed by atoms with E-state index in [4.69, 9.17) is 0 Å². The normalized spacial score (nSPS) is 20.2. The number of hydrogen-bond acceptors (Lipinski definition) is 4. The van der Waals surface area contributed by atoms with E-state index in [2.05, 4.69) is 28.5 Å². The number of aromatic nitrogens is 2. The maximum absolute atomic E-state index is 4.66. The van der Waals surface area contributed by atoms with Gasteiger partial charge in [0.15, 0.2) is 0 Å². The van der Waals surface area contributed by atoms with Gasteiger partial charge in [0.25, 0.3) is 0 Å². The molecule has 1 fully saturated rings. The van der Waals surface area contributed by atoms with Crippen LogP contribution < -0.4 is 5.32 Å². The summed E-state index contributed by atoms with van der Waals surface area (Å²) in [5.74, 6) is 2.25. The molecule has 0 saturated heterocycles. The third kappa shape index (κ3) is 2.37. The van der Waals surface area contributed by atoms with Crippen molar-refractivity contribution in [1.82, 2.24) is 14.7 Å². The van der Waals surface area contributed by atoms with E-state index in [0.717, 1.165) is 12.2 Å². The molecule has 0 aromatic carbocycles. The Labute approximate surface area is 95.5 Å². The zero-order valence-electron chi connectivity index (χ0n) is 9.66. The molecule has 3 nitrogen and oxygen atoms in total. The van der Waals surface area contributed by atoms with Gasteiger partial charge in [0.05, 0.1) is 0 Å². The highest BCUT2D eigenvalue weighted by Crippen LogP contribution is 2.39. The Morgan fingerprint density at radius 3 is 2.80 bits per heavy atom. The van der Waals surface area contributed by atoms with Gasteiger partial charge in [0.2, 0.25) is 0 Å². The van der Waals surface area contributed by atoms with Crippen LogP contribution in [0.25, 0.3) is 0 Å². The van der Waals surface area contributed by atoms with Gasteiger partial charge in [0.1, 0.15) is 10.8 Å². The van der Waals surface area contributed by atoms with Crippen LogP contribution in [0.15, 0.2) is 0 Å². The number of likely N-dealkylation sites (N-methyl/N-ethyl adjacent to an activating group) is 1. The second-order valence-corrected chi connectivity index (χ2v) is 5.14. The third-order valence-electron chi connectivity index (χ3n) is 3.20. The molecule has 84 valence electrons. The number of nitrogens with zero attached hydrogens (tertiary/aromatic N) is 2. The van der Waals surface area contributed by atoms with Gasteiger partial charge in [-0.3, -0.25) is 0 Å². The summed E-state index contributed by atoms with van der Waals surface area (Å²) in [6.07, 6.45) is 3.71. The lowest BCUT2D eigenvalue weighted by molar-refractivity contribution is 0.471. The lowest BCUT2D eigenvalue weighted by Gasteiger charge is -2.19. The van der Waals surface area contributed by atoms with Crippen LogP contribution in [0.2, 0.25) is 0 Å². The molecule has 1 aliphatic rings. The Morgan fingerprint density at radius 1 is 1.53 bits per heavy atom. The average Bonchev–Trinajstić information content (AvgIpc) is 2.98. The predicted octanol–water partition coefficient (Wildman–Crippen LogP) is 2.52. The van der Waals surface area contributed by atoms with Gasteiger partial charge < -0.3 is 5.32 Å². The van der Waals surface area contributed by atoms with Crippen LogP contribution in [0.1, 0.15) is 55.8 Å². The number of nitrogens with one attached hydrogen (secondary N) is 1. The Bertz CT molecular complexity index is 315. The lowest BCUT2D eigenvalue weighted by Crippen LogP contribution is -2.29. The van der Waals surface area contributed by atoms with E-state index in [1.807, 2.05) is 7.05 Å². The average molecular weight is 225 g/mol. The van der Waals surface area contributed by atoms with Crippen molar-refractivity contribution in [3.8, 4) is 0 Å². The molecule has 0 radical (unpaired) electrons. The number of rotatable bonds is 5. The maximum atomic E-state index is 4.66.